The molecule has 1 N–H and O–H groups in total. The second kappa shape index (κ2) is 4.51. The zero-order valence-corrected chi connectivity index (χ0v) is 11.6. The van der Waals surface area contributed by atoms with Crippen LogP contribution in [-0.2, 0) is 6.42 Å². The molecule has 21 heavy (non-hydrogen) atoms. The first kappa shape index (κ1) is 13.5. The molecule has 0 aromatic carbocycles. The van der Waals surface area contributed by atoms with Gasteiger partial charge in [0.15, 0.2) is 5.82 Å². The Morgan fingerprint density at radius 3 is 2.86 bits per heavy atom. The normalized spacial score (nSPS) is 16.2. The van der Waals surface area contributed by atoms with Gasteiger partial charge in [-0.1, -0.05) is 6.07 Å². The third kappa shape index (κ3) is 1.94. The van der Waals surface area contributed by atoms with Crippen LogP contribution in [0, 0.1) is 12.7 Å². The number of aromatic carboxylic acids is 1. The number of carboxylic acid groups (broad SMARTS) is 1. The van der Waals surface area contributed by atoms with E-state index in [1.165, 1.54) is 10.8 Å². The SMILES string of the molecule is Cc1ccc2c(n1)-c1c(F)c(=O)c(C(=O)O)cn1[C@H](C)C2. The highest BCUT2D eigenvalue weighted by atomic mass is 19.1. The summed E-state index contributed by atoms with van der Waals surface area (Å²) >= 11 is 0. The molecule has 0 spiro atoms. The summed E-state index contributed by atoms with van der Waals surface area (Å²) in [6.45, 7) is 3.63. The highest BCUT2D eigenvalue weighted by Crippen LogP contribution is 2.34. The number of hydrogen-bond acceptors (Lipinski definition) is 3. The lowest BCUT2D eigenvalue weighted by Crippen LogP contribution is -2.28. The molecule has 0 bridgehead atoms. The standard InChI is InChI=1S/C15H13FN2O3/c1-7-3-4-9-5-8(2)18-6-10(15(20)21)14(19)11(16)13(18)12(9)17-7/h3-4,6,8H,5H2,1-2H3,(H,20,21)/t8-/m1/s1. The Balaban J connectivity index is 2.40. The zero-order chi connectivity index (χ0) is 15.3. The number of carboxylic acids is 1. The molecule has 3 heterocycles. The first-order chi connectivity index (χ1) is 9.90. The monoisotopic (exact) mass is 288 g/mol. The fourth-order valence-electron chi connectivity index (χ4n) is 2.70. The Labute approximate surface area is 119 Å². The molecule has 3 rings (SSSR count). The second-order valence-electron chi connectivity index (χ2n) is 5.26. The molecule has 1 aliphatic rings. The number of aromatic nitrogens is 2. The third-order valence-corrected chi connectivity index (χ3v) is 3.74. The number of carbonyl (C=O) groups is 1. The van der Waals surface area contributed by atoms with Crippen molar-refractivity contribution >= 4 is 5.97 Å². The number of hydrogen-bond donors (Lipinski definition) is 1. The van der Waals surface area contributed by atoms with Crippen molar-refractivity contribution in [3.63, 3.8) is 0 Å². The molecule has 2 aromatic heterocycles. The number of fused-ring (bicyclic) bond motifs is 3. The lowest BCUT2D eigenvalue weighted by molar-refractivity contribution is 0.0693. The fraction of sp³-hybridized carbons (Fsp3) is 0.267. The van der Waals surface area contributed by atoms with E-state index in [4.69, 9.17) is 5.11 Å². The van der Waals surface area contributed by atoms with Gasteiger partial charge in [0.2, 0.25) is 5.43 Å². The van der Waals surface area contributed by atoms with Gasteiger partial charge in [0.05, 0.1) is 5.69 Å². The van der Waals surface area contributed by atoms with E-state index in [1.807, 2.05) is 19.1 Å². The molecule has 6 heteroatoms. The van der Waals surface area contributed by atoms with E-state index >= 15 is 0 Å². The van der Waals surface area contributed by atoms with Gasteiger partial charge in [-0.05, 0) is 31.9 Å². The highest BCUT2D eigenvalue weighted by molar-refractivity contribution is 5.87. The van der Waals surface area contributed by atoms with Crippen molar-refractivity contribution in [2.24, 2.45) is 0 Å². The van der Waals surface area contributed by atoms with E-state index < -0.39 is 22.8 Å². The molecule has 1 aliphatic heterocycles. The third-order valence-electron chi connectivity index (χ3n) is 3.74. The molecule has 0 fully saturated rings. The molecule has 0 amide bonds. The van der Waals surface area contributed by atoms with E-state index in [0.29, 0.717) is 17.8 Å². The molecule has 0 saturated carbocycles. The molecule has 0 radical (unpaired) electrons. The van der Waals surface area contributed by atoms with Gasteiger partial charge in [-0.15, -0.1) is 0 Å². The van der Waals surface area contributed by atoms with Crippen molar-refractivity contribution in [3.8, 4) is 11.4 Å². The largest absolute Gasteiger partial charge is 0.477 e. The molecule has 5 nitrogen and oxygen atoms in total. The Morgan fingerprint density at radius 1 is 1.48 bits per heavy atom. The van der Waals surface area contributed by atoms with E-state index in [1.54, 1.807) is 6.92 Å². The van der Waals surface area contributed by atoms with E-state index in [2.05, 4.69) is 4.98 Å². The molecular weight excluding hydrogens is 275 g/mol. The molecule has 0 saturated heterocycles. The summed E-state index contributed by atoms with van der Waals surface area (Å²) in [7, 11) is 0. The molecule has 108 valence electrons. The summed E-state index contributed by atoms with van der Waals surface area (Å²) in [6, 6.07) is 3.56. The Hall–Kier alpha value is -2.50. The van der Waals surface area contributed by atoms with Crippen LogP contribution in [0.25, 0.3) is 11.4 Å². The lowest BCUT2D eigenvalue weighted by Gasteiger charge is -2.28. The molecular formula is C15H13FN2O3. The van der Waals surface area contributed by atoms with Gasteiger partial charge in [0.25, 0.3) is 0 Å². The molecule has 0 aliphatic carbocycles. The van der Waals surface area contributed by atoms with Crippen LogP contribution in [0.3, 0.4) is 0 Å². The minimum absolute atomic E-state index is 0.0717. The summed E-state index contributed by atoms with van der Waals surface area (Å²) in [5.41, 5.74) is 0.400. The second-order valence-corrected chi connectivity index (χ2v) is 5.26. The maximum Gasteiger partial charge on any atom is 0.341 e. The van der Waals surface area contributed by atoms with Crippen molar-refractivity contribution < 1.29 is 14.3 Å². The van der Waals surface area contributed by atoms with Crippen molar-refractivity contribution in [2.75, 3.05) is 0 Å². The van der Waals surface area contributed by atoms with E-state index in [0.717, 1.165) is 5.56 Å². The molecule has 1 atom stereocenters. The van der Waals surface area contributed by atoms with Crippen LogP contribution in [-0.4, -0.2) is 20.6 Å². The van der Waals surface area contributed by atoms with Crippen LogP contribution in [0.15, 0.2) is 23.1 Å². The van der Waals surface area contributed by atoms with Crippen LogP contribution < -0.4 is 5.43 Å². The fourth-order valence-corrected chi connectivity index (χ4v) is 2.70. The predicted octanol–water partition coefficient (Wildman–Crippen LogP) is 2.17. The average molecular weight is 288 g/mol. The Morgan fingerprint density at radius 2 is 2.19 bits per heavy atom. The summed E-state index contributed by atoms with van der Waals surface area (Å²) < 4.78 is 15.9. The van der Waals surface area contributed by atoms with Crippen LogP contribution in [0.1, 0.15) is 34.6 Å². The van der Waals surface area contributed by atoms with Crippen LogP contribution in [0.4, 0.5) is 4.39 Å². The quantitative estimate of drug-likeness (QED) is 0.873. The summed E-state index contributed by atoms with van der Waals surface area (Å²) in [6.07, 6.45) is 1.82. The lowest BCUT2D eigenvalue weighted by atomic mass is 9.96. The van der Waals surface area contributed by atoms with Gasteiger partial charge < -0.3 is 9.67 Å². The maximum absolute atomic E-state index is 14.5. The number of aryl methyl sites for hydroxylation is 1. The van der Waals surface area contributed by atoms with Gasteiger partial charge in [0.1, 0.15) is 11.3 Å². The Bertz CT molecular complexity index is 826. The van der Waals surface area contributed by atoms with Gasteiger partial charge in [-0.2, -0.15) is 0 Å². The highest BCUT2D eigenvalue weighted by Gasteiger charge is 2.29. The van der Waals surface area contributed by atoms with E-state index in [-0.39, 0.29) is 11.7 Å². The van der Waals surface area contributed by atoms with Crippen molar-refractivity contribution in [1.29, 1.82) is 0 Å². The number of pyridine rings is 2. The van der Waals surface area contributed by atoms with Crippen molar-refractivity contribution in [1.82, 2.24) is 9.55 Å². The summed E-state index contributed by atoms with van der Waals surface area (Å²) in [5.74, 6) is -2.48. The number of nitrogens with zero attached hydrogens (tertiary/aromatic N) is 2. The van der Waals surface area contributed by atoms with Gasteiger partial charge in [0, 0.05) is 17.9 Å². The van der Waals surface area contributed by atoms with Gasteiger partial charge >= 0.3 is 5.97 Å². The Kier molecular flexibility index (Phi) is 2.90. The van der Waals surface area contributed by atoms with Gasteiger partial charge in [-0.3, -0.25) is 9.78 Å². The summed E-state index contributed by atoms with van der Waals surface area (Å²) in [4.78, 5) is 27.3. The predicted molar refractivity (Wildman–Crippen MR) is 74.0 cm³/mol. The van der Waals surface area contributed by atoms with Crippen molar-refractivity contribution in [3.05, 3.63) is 51.2 Å². The molecule has 2 aromatic rings. The number of rotatable bonds is 1. The van der Waals surface area contributed by atoms with E-state index in [9.17, 15) is 14.0 Å². The molecule has 0 unspecified atom stereocenters. The average Bonchev–Trinajstić information content (AvgIpc) is 2.42. The van der Waals surface area contributed by atoms with Crippen LogP contribution >= 0.6 is 0 Å². The van der Waals surface area contributed by atoms with Crippen LogP contribution in [0.5, 0.6) is 0 Å². The minimum atomic E-state index is -1.43. The van der Waals surface area contributed by atoms with Crippen molar-refractivity contribution in [2.45, 2.75) is 26.3 Å². The smallest absolute Gasteiger partial charge is 0.341 e. The number of halogens is 1. The van der Waals surface area contributed by atoms with Gasteiger partial charge in [-0.25, -0.2) is 9.18 Å². The topological polar surface area (TPSA) is 72.2 Å². The first-order valence-corrected chi connectivity index (χ1v) is 6.55. The van der Waals surface area contributed by atoms with Crippen LogP contribution in [0.2, 0.25) is 0 Å². The zero-order valence-electron chi connectivity index (χ0n) is 11.6. The maximum atomic E-state index is 14.5. The summed E-state index contributed by atoms with van der Waals surface area (Å²) in [5, 5.41) is 9.02. The minimum Gasteiger partial charge on any atom is -0.477 e. The first-order valence-electron chi connectivity index (χ1n) is 6.55.